The second kappa shape index (κ2) is 6.93. The van der Waals surface area contributed by atoms with E-state index in [-0.39, 0.29) is 6.04 Å². The molecule has 0 aliphatic heterocycles. The lowest BCUT2D eigenvalue weighted by Gasteiger charge is -2.11. The van der Waals surface area contributed by atoms with Gasteiger partial charge in [-0.15, -0.1) is 0 Å². The number of hydrogen-bond donors (Lipinski definition) is 0. The maximum absolute atomic E-state index is 5.26. The van der Waals surface area contributed by atoms with Crippen LogP contribution in [0, 0.1) is 0 Å². The molecule has 0 aliphatic rings. The van der Waals surface area contributed by atoms with Gasteiger partial charge < -0.3 is 9.47 Å². The zero-order chi connectivity index (χ0) is 15.2. The fourth-order valence-electron chi connectivity index (χ4n) is 2.19. The summed E-state index contributed by atoms with van der Waals surface area (Å²) < 4.78 is 10.5. The average molecular weight is 283 g/mol. The van der Waals surface area contributed by atoms with Crippen LogP contribution in [0.1, 0.15) is 31.0 Å². The zero-order valence-corrected chi connectivity index (χ0v) is 13.0. The van der Waals surface area contributed by atoms with Gasteiger partial charge in [0.2, 0.25) is 0 Å². The highest BCUT2D eigenvalue weighted by Crippen LogP contribution is 2.23. The van der Waals surface area contributed by atoms with Crippen LogP contribution in [-0.2, 0) is 0 Å². The number of nitrogens with zero attached hydrogens (tertiary/aromatic N) is 1. The van der Waals surface area contributed by atoms with Gasteiger partial charge in [-0.05, 0) is 49.2 Å². The SMILES string of the molecule is COc1cccc(/C(C)=N/C(C)c2cccc(OC)c2)c1. The number of aliphatic imine (C=N–C) groups is 1. The molecule has 0 aliphatic carbocycles. The Kier molecular flexibility index (Phi) is 4.99. The fourth-order valence-corrected chi connectivity index (χ4v) is 2.19. The predicted octanol–water partition coefficient (Wildman–Crippen LogP) is 4.27. The number of benzene rings is 2. The molecule has 0 fully saturated rings. The molecule has 110 valence electrons. The van der Waals surface area contributed by atoms with E-state index in [1.165, 1.54) is 0 Å². The normalized spacial score (nSPS) is 12.9. The average Bonchev–Trinajstić information content (AvgIpc) is 2.54. The largest absolute Gasteiger partial charge is 0.497 e. The third-order valence-corrected chi connectivity index (χ3v) is 3.45. The van der Waals surface area contributed by atoms with Crippen LogP contribution in [-0.4, -0.2) is 19.9 Å². The van der Waals surface area contributed by atoms with Crippen molar-refractivity contribution in [2.24, 2.45) is 4.99 Å². The maximum atomic E-state index is 5.26. The Bertz CT molecular complexity index is 635. The van der Waals surface area contributed by atoms with E-state index in [0.29, 0.717) is 0 Å². The van der Waals surface area contributed by atoms with Gasteiger partial charge in [0.05, 0.1) is 20.3 Å². The highest BCUT2D eigenvalue weighted by molar-refractivity contribution is 5.99. The summed E-state index contributed by atoms with van der Waals surface area (Å²) in [4.78, 5) is 4.77. The molecule has 1 unspecified atom stereocenters. The van der Waals surface area contributed by atoms with Crippen molar-refractivity contribution in [1.82, 2.24) is 0 Å². The van der Waals surface area contributed by atoms with Crippen LogP contribution in [0.15, 0.2) is 53.5 Å². The van der Waals surface area contributed by atoms with Gasteiger partial charge in [-0.1, -0.05) is 24.3 Å². The van der Waals surface area contributed by atoms with Crippen molar-refractivity contribution in [2.75, 3.05) is 14.2 Å². The van der Waals surface area contributed by atoms with Gasteiger partial charge in [0.15, 0.2) is 0 Å². The lowest BCUT2D eigenvalue weighted by Crippen LogP contribution is -2.00. The molecule has 2 aromatic carbocycles. The maximum Gasteiger partial charge on any atom is 0.119 e. The molecule has 2 aromatic rings. The van der Waals surface area contributed by atoms with E-state index in [4.69, 9.17) is 14.5 Å². The molecule has 0 N–H and O–H groups in total. The van der Waals surface area contributed by atoms with Crippen molar-refractivity contribution in [3.63, 3.8) is 0 Å². The lowest BCUT2D eigenvalue weighted by molar-refractivity contribution is 0.414. The van der Waals surface area contributed by atoms with Gasteiger partial charge in [0, 0.05) is 5.71 Å². The van der Waals surface area contributed by atoms with Crippen molar-refractivity contribution >= 4 is 5.71 Å². The second-order valence-electron chi connectivity index (χ2n) is 4.90. The Morgan fingerprint density at radius 1 is 0.952 bits per heavy atom. The van der Waals surface area contributed by atoms with Crippen LogP contribution < -0.4 is 9.47 Å². The highest BCUT2D eigenvalue weighted by Gasteiger charge is 2.07. The van der Waals surface area contributed by atoms with E-state index in [9.17, 15) is 0 Å². The molecule has 0 bridgehead atoms. The zero-order valence-electron chi connectivity index (χ0n) is 13.0. The molecular weight excluding hydrogens is 262 g/mol. The smallest absolute Gasteiger partial charge is 0.119 e. The fraction of sp³-hybridized carbons (Fsp3) is 0.278. The third-order valence-electron chi connectivity index (χ3n) is 3.45. The summed E-state index contributed by atoms with van der Waals surface area (Å²) in [5.41, 5.74) is 3.20. The van der Waals surface area contributed by atoms with E-state index in [2.05, 4.69) is 13.0 Å². The van der Waals surface area contributed by atoms with E-state index >= 15 is 0 Å². The summed E-state index contributed by atoms with van der Waals surface area (Å²) in [5.74, 6) is 1.70. The minimum atomic E-state index is 0.0753. The van der Waals surface area contributed by atoms with Gasteiger partial charge in [0.25, 0.3) is 0 Å². The van der Waals surface area contributed by atoms with Crippen LogP contribution in [0.4, 0.5) is 0 Å². The molecule has 0 radical (unpaired) electrons. The Balaban J connectivity index is 2.24. The molecule has 0 aromatic heterocycles. The molecule has 21 heavy (non-hydrogen) atoms. The minimum Gasteiger partial charge on any atom is -0.497 e. The number of rotatable bonds is 5. The molecule has 1 atom stereocenters. The summed E-state index contributed by atoms with van der Waals surface area (Å²) in [5, 5.41) is 0. The van der Waals surface area contributed by atoms with Crippen molar-refractivity contribution in [3.05, 3.63) is 59.7 Å². The Labute approximate surface area is 126 Å². The molecule has 3 nitrogen and oxygen atoms in total. The molecule has 0 saturated heterocycles. The Hall–Kier alpha value is -2.29. The topological polar surface area (TPSA) is 30.8 Å². The van der Waals surface area contributed by atoms with E-state index in [1.807, 2.05) is 49.4 Å². The van der Waals surface area contributed by atoms with Gasteiger partial charge >= 0.3 is 0 Å². The summed E-state index contributed by atoms with van der Waals surface area (Å²) in [6, 6.07) is 16.0. The van der Waals surface area contributed by atoms with Crippen molar-refractivity contribution in [3.8, 4) is 11.5 Å². The molecule has 0 heterocycles. The molecule has 0 saturated carbocycles. The lowest BCUT2D eigenvalue weighted by atomic mass is 10.1. The predicted molar refractivity (Wildman–Crippen MR) is 86.6 cm³/mol. The van der Waals surface area contributed by atoms with Crippen molar-refractivity contribution in [1.29, 1.82) is 0 Å². The Morgan fingerprint density at radius 3 is 2.24 bits per heavy atom. The van der Waals surface area contributed by atoms with E-state index < -0.39 is 0 Å². The van der Waals surface area contributed by atoms with Crippen LogP contribution in [0.2, 0.25) is 0 Å². The molecule has 3 heteroatoms. The Morgan fingerprint density at radius 2 is 1.57 bits per heavy atom. The van der Waals surface area contributed by atoms with Gasteiger partial charge in [-0.2, -0.15) is 0 Å². The van der Waals surface area contributed by atoms with Crippen molar-refractivity contribution in [2.45, 2.75) is 19.9 Å². The van der Waals surface area contributed by atoms with Crippen LogP contribution >= 0.6 is 0 Å². The van der Waals surface area contributed by atoms with Gasteiger partial charge in [0.1, 0.15) is 11.5 Å². The summed E-state index contributed by atoms with van der Waals surface area (Å²) >= 11 is 0. The highest BCUT2D eigenvalue weighted by atomic mass is 16.5. The summed E-state index contributed by atoms with van der Waals surface area (Å²) in [6.07, 6.45) is 0. The first-order valence-corrected chi connectivity index (χ1v) is 6.97. The third kappa shape index (κ3) is 3.85. The number of methoxy groups -OCH3 is 2. The van der Waals surface area contributed by atoms with Gasteiger partial charge in [-0.25, -0.2) is 0 Å². The molecule has 0 spiro atoms. The van der Waals surface area contributed by atoms with E-state index in [1.54, 1.807) is 14.2 Å². The van der Waals surface area contributed by atoms with Crippen LogP contribution in [0.3, 0.4) is 0 Å². The van der Waals surface area contributed by atoms with E-state index in [0.717, 1.165) is 28.3 Å². The van der Waals surface area contributed by atoms with Crippen LogP contribution in [0.25, 0.3) is 0 Å². The standard InChI is InChI=1S/C18H21NO2/c1-13(15-7-5-9-17(11-15)20-3)19-14(2)16-8-6-10-18(12-16)21-4/h5-13H,1-4H3/b19-14+. The summed E-state index contributed by atoms with van der Waals surface area (Å²) in [6.45, 7) is 4.10. The monoisotopic (exact) mass is 283 g/mol. The quantitative estimate of drug-likeness (QED) is 0.767. The molecule has 2 rings (SSSR count). The van der Waals surface area contributed by atoms with Crippen molar-refractivity contribution < 1.29 is 9.47 Å². The molecular formula is C18H21NO2. The van der Waals surface area contributed by atoms with Gasteiger partial charge in [-0.3, -0.25) is 4.99 Å². The molecule has 0 amide bonds. The van der Waals surface area contributed by atoms with Crippen LogP contribution in [0.5, 0.6) is 11.5 Å². The minimum absolute atomic E-state index is 0.0753. The first-order valence-electron chi connectivity index (χ1n) is 6.97. The summed E-state index contributed by atoms with van der Waals surface area (Å²) in [7, 11) is 3.35. The second-order valence-corrected chi connectivity index (χ2v) is 4.90. The number of hydrogen-bond acceptors (Lipinski definition) is 3. The first kappa shape index (κ1) is 15.1. The number of ether oxygens (including phenoxy) is 2. The first-order chi connectivity index (χ1) is 10.1.